The lowest BCUT2D eigenvalue weighted by molar-refractivity contribution is -0.0578. The Hall–Kier alpha value is 0.350. The zero-order valence-electron chi connectivity index (χ0n) is 11.1. The molecule has 19 heavy (non-hydrogen) atoms. The molecule has 0 N–H and O–H groups in total. The number of ether oxygens (including phenoxy) is 2. The predicted octanol–water partition coefficient (Wildman–Crippen LogP) is 4.90. The van der Waals surface area contributed by atoms with Gasteiger partial charge in [0.2, 0.25) is 0 Å². The van der Waals surface area contributed by atoms with E-state index in [0.717, 1.165) is 21.7 Å². The summed E-state index contributed by atoms with van der Waals surface area (Å²) in [6, 6.07) is 8.42. The van der Waals surface area contributed by atoms with Crippen LogP contribution in [0.1, 0.15) is 37.4 Å². The van der Waals surface area contributed by atoms with Gasteiger partial charge in [-0.1, -0.05) is 50.7 Å². The molecule has 0 heterocycles. The van der Waals surface area contributed by atoms with E-state index in [-0.39, 0.29) is 6.10 Å². The fourth-order valence-electron chi connectivity index (χ4n) is 2.58. The molecule has 1 aromatic rings. The van der Waals surface area contributed by atoms with Crippen molar-refractivity contribution < 1.29 is 9.47 Å². The van der Waals surface area contributed by atoms with Crippen molar-refractivity contribution in [3.63, 3.8) is 0 Å². The molecule has 0 spiro atoms. The number of halogens is 2. The van der Waals surface area contributed by atoms with Gasteiger partial charge in [0, 0.05) is 16.0 Å². The van der Waals surface area contributed by atoms with Crippen LogP contribution >= 0.6 is 38.5 Å². The Kier molecular flexibility index (Phi) is 6.59. The standard InChI is InChI=1S/C15H20BrIO2/c1-18-13-6-3-7-14(9-13)19-15(10-17)11-4-2-5-12(16)8-11/h2,4-5,8,13-15H,3,6-7,9-10H2,1H3. The molecule has 0 saturated heterocycles. The van der Waals surface area contributed by atoms with Crippen LogP contribution < -0.4 is 0 Å². The molecule has 1 aliphatic carbocycles. The number of hydrogen-bond donors (Lipinski definition) is 0. The summed E-state index contributed by atoms with van der Waals surface area (Å²) in [5, 5.41) is 0. The van der Waals surface area contributed by atoms with Crippen LogP contribution in [0.2, 0.25) is 0 Å². The molecule has 3 unspecified atom stereocenters. The Morgan fingerprint density at radius 2 is 2.16 bits per heavy atom. The van der Waals surface area contributed by atoms with Crippen LogP contribution in [0.5, 0.6) is 0 Å². The van der Waals surface area contributed by atoms with Gasteiger partial charge < -0.3 is 9.47 Å². The molecule has 4 heteroatoms. The average molecular weight is 439 g/mol. The second-order valence-corrected chi connectivity index (χ2v) is 6.78. The maximum Gasteiger partial charge on any atom is 0.0918 e. The van der Waals surface area contributed by atoms with E-state index in [9.17, 15) is 0 Å². The maximum atomic E-state index is 6.31. The highest BCUT2D eigenvalue weighted by molar-refractivity contribution is 14.1. The van der Waals surface area contributed by atoms with Crippen molar-refractivity contribution in [3.05, 3.63) is 34.3 Å². The molecule has 0 bridgehead atoms. The first-order valence-electron chi connectivity index (χ1n) is 6.72. The van der Waals surface area contributed by atoms with Crippen LogP contribution in [0.4, 0.5) is 0 Å². The molecular weight excluding hydrogens is 419 g/mol. The number of hydrogen-bond acceptors (Lipinski definition) is 2. The van der Waals surface area contributed by atoms with E-state index in [1.165, 1.54) is 18.4 Å². The zero-order chi connectivity index (χ0) is 13.7. The number of methoxy groups -OCH3 is 1. The third-order valence-corrected chi connectivity index (χ3v) is 4.92. The lowest BCUT2D eigenvalue weighted by Gasteiger charge is -2.31. The fraction of sp³-hybridized carbons (Fsp3) is 0.600. The fourth-order valence-corrected chi connectivity index (χ4v) is 3.72. The van der Waals surface area contributed by atoms with Gasteiger partial charge in [-0.05, 0) is 43.4 Å². The quantitative estimate of drug-likeness (QED) is 0.480. The first-order valence-corrected chi connectivity index (χ1v) is 9.04. The normalized spacial score (nSPS) is 25.2. The minimum Gasteiger partial charge on any atom is -0.381 e. The second-order valence-electron chi connectivity index (χ2n) is 4.98. The Labute approximate surface area is 137 Å². The van der Waals surface area contributed by atoms with Gasteiger partial charge in [-0.15, -0.1) is 0 Å². The predicted molar refractivity (Wildman–Crippen MR) is 89.9 cm³/mol. The SMILES string of the molecule is COC1CCCC(OC(CI)c2cccc(Br)c2)C1. The monoisotopic (exact) mass is 438 g/mol. The van der Waals surface area contributed by atoms with Gasteiger partial charge in [-0.25, -0.2) is 0 Å². The van der Waals surface area contributed by atoms with Crippen LogP contribution in [-0.4, -0.2) is 23.7 Å². The smallest absolute Gasteiger partial charge is 0.0918 e. The Bertz CT molecular complexity index is 399. The van der Waals surface area contributed by atoms with Gasteiger partial charge in [-0.2, -0.15) is 0 Å². The van der Waals surface area contributed by atoms with Crippen LogP contribution in [0.15, 0.2) is 28.7 Å². The first-order chi connectivity index (χ1) is 9.22. The van der Waals surface area contributed by atoms with Crippen molar-refractivity contribution in [1.29, 1.82) is 0 Å². The average Bonchev–Trinajstić information content (AvgIpc) is 2.45. The number of rotatable bonds is 5. The van der Waals surface area contributed by atoms with E-state index in [1.54, 1.807) is 7.11 Å². The van der Waals surface area contributed by atoms with E-state index in [4.69, 9.17) is 9.47 Å². The molecule has 106 valence electrons. The molecule has 2 nitrogen and oxygen atoms in total. The highest BCUT2D eigenvalue weighted by atomic mass is 127. The van der Waals surface area contributed by atoms with Crippen LogP contribution in [0, 0.1) is 0 Å². The zero-order valence-corrected chi connectivity index (χ0v) is 14.9. The second kappa shape index (κ2) is 7.96. The van der Waals surface area contributed by atoms with Gasteiger partial charge >= 0.3 is 0 Å². The highest BCUT2D eigenvalue weighted by Gasteiger charge is 2.25. The molecule has 1 saturated carbocycles. The summed E-state index contributed by atoms with van der Waals surface area (Å²) in [6.07, 6.45) is 5.43. The Balaban J connectivity index is 1.99. The Morgan fingerprint density at radius 3 is 2.84 bits per heavy atom. The molecule has 0 amide bonds. The highest BCUT2D eigenvalue weighted by Crippen LogP contribution is 2.30. The molecule has 3 atom stereocenters. The van der Waals surface area contributed by atoms with Gasteiger partial charge in [0.25, 0.3) is 0 Å². The molecule has 1 aromatic carbocycles. The van der Waals surface area contributed by atoms with Crippen LogP contribution in [-0.2, 0) is 9.47 Å². The molecule has 0 aliphatic heterocycles. The van der Waals surface area contributed by atoms with Crippen molar-refractivity contribution >= 4 is 38.5 Å². The molecular formula is C15H20BrIO2. The number of benzene rings is 1. The van der Waals surface area contributed by atoms with Crippen molar-refractivity contribution in [2.75, 3.05) is 11.5 Å². The minimum absolute atomic E-state index is 0.179. The van der Waals surface area contributed by atoms with E-state index in [2.05, 4.69) is 62.8 Å². The number of alkyl halides is 1. The summed E-state index contributed by atoms with van der Waals surface area (Å²) in [5.41, 5.74) is 1.25. The van der Waals surface area contributed by atoms with Crippen molar-refractivity contribution in [3.8, 4) is 0 Å². The van der Waals surface area contributed by atoms with Gasteiger partial charge in [0.1, 0.15) is 0 Å². The van der Waals surface area contributed by atoms with E-state index >= 15 is 0 Å². The Morgan fingerprint density at radius 1 is 1.37 bits per heavy atom. The van der Waals surface area contributed by atoms with Gasteiger partial charge in [0.15, 0.2) is 0 Å². The summed E-state index contributed by atoms with van der Waals surface area (Å²) in [5.74, 6) is 0. The topological polar surface area (TPSA) is 18.5 Å². The van der Waals surface area contributed by atoms with Crippen molar-refractivity contribution in [2.24, 2.45) is 0 Å². The van der Waals surface area contributed by atoms with Crippen molar-refractivity contribution in [2.45, 2.75) is 44.0 Å². The van der Waals surface area contributed by atoms with Crippen molar-refractivity contribution in [1.82, 2.24) is 0 Å². The van der Waals surface area contributed by atoms with Gasteiger partial charge in [0.05, 0.1) is 18.3 Å². The third-order valence-electron chi connectivity index (χ3n) is 3.63. The molecule has 2 rings (SSSR count). The summed E-state index contributed by atoms with van der Waals surface area (Å²) in [4.78, 5) is 0. The van der Waals surface area contributed by atoms with E-state index in [0.29, 0.717) is 12.2 Å². The first kappa shape index (κ1) is 15.7. The van der Waals surface area contributed by atoms with Crippen LogP contribution in [0.25, 0.3) is 0 Å². The third kappa shape index (κ3) is 4.69. The van der Waals surface area contributed by atoms with Gasteiger partial charge in [-0.3, -0.25) is 0 Å². The molecule has 0 aromatic heterocycles. The van der Waals surface area contributed by atoms with E-state index < -0.39 is 0 Å². The summed E-state index contributed by atoms with van der Waals surface area (Å²) in [6.45, 7) is 0. The molecule has 0 radical (unpaired) electrons. The molecule has 1 aliphatic rings. The van der Waals surface area contributed by atoms with Crippen LogP contribution in [0.3, 0.4) is 0 Å². The summed E-state index contributed by atoms with van der Waals surface area (Å²) >= 11 is 5.93. The summed E-state index contributed by atoms with van der Waals surface area (Å²) < 4.78 is 13.9. The minimum atomic E-state index is 0.179. The lowest BCUT2D eigenvalue weighted by atomic mass is 9.94. The lowest BCUT2D eigenvalue weighted by Crippen LogP contribution is -2.29. The maximum absolute atomic E-state index is 6.31. The van der Waals surface area contributed by atoms with E-state index in [1.807, 2.05) is 0 Å². The molecule has 1 fully saturated rings. The largest absolute Gasteiger partial charge is 0.381 e. The summed E-state index contributed by atoms with van der Waals surface area (Å²) in [7, 11) is 1.80.